The SMILES string of the molecule is CCC(C)(C#N)N=NC(N)=O. The van der Waals surface area contributed by atoms with E-state index in [0.717, 1.165) is 0 Å². The molecule has 5 nitrogen and oxygen atoms in total. The molecule has 0 fully saturated rings. The van der Waals surface area contributed by atoms with Crippen LogP contribution < -0.4 is 5.73 Å². The van der Waals surface area contributed by atoms with E-state index in [2.05, 4.69) is 10.2 Å². The van der Waals surface area contributed by atoms with Crippen LogP contribution in [-0.4, -0.2) is 11.6 Å². The quantitative estimate of drug-likeness (QED) is 0.605. The van der Waals surface area contributed by atoms with Gasteiger partial charge < -0.3 is 5.73 Å². The highest BCUT2D eigenvalue weighted by molar-refractivity contribution is 5.71. The molecule has 0 spiro atoms. The highest BCUT2D eigenvalue weighted by Crippen LogP contribution is 2.13. The van der Waals surface area contributed by atoms with Gasteiger partial charge in [0.25, 0.3) is 0 Å². The Hall–Kier alpha value is -1.44. The second-order valence-corrected chi connectivity index (χ2v) is 2.28. The van der Waals surface area contributed by atoms with Crippen LogP contribution in [0.1, 0.15) is 20.3 Å². The molecule has 0 saturated heterocycles. The summed E-state index contributed by atoms with van der Waals surface area (Å²) in [5.41, 5.74) is 3.78. The maximum atomic E-state index is 10.1. The number of nitrogens with two attached hydrogens (primary N) is 1. The van der Waals surface area contributed by atoms with Gasteiger partial charge in [-0.2, -0.15) is 10.4 Å². The van der Waals surface area contributed by atoms with Crippen LogP contribution in [0.15, 0.2) is 10.2 Å². The Balaban J connectivity index is 4.33. The fourth-order valence-corrected chi connectivity index (χ4v) is 0.332. The molecule has 0 rings (SSSR count). The second-order valence-electron chi connectivity index (χ2n) is 2.28. The Kier molecular flexibility index (Phi) is 3.18. The summed E-state index contributed by atoms with van der Waals surface area (Å²) < 4.78 is 0. The van der Waals surface area contributed by atoms with Gasteiger partial charge in [0.15, 0.2) is 5.54 Å². The second kappa shape index (κ2) is 3.66. The van der Waals surface area contributed by atoms with Gasteiger partial charge in [0, 0.05) is 0 Å². The minimum absolute atomic E-state index is 0.500. The summed E-state index contributed by atoms with van der Waals surface area (Å²) in [5.74, 6) is 0. The topological polar surface area (TPSA) is 91.6 Å². The standard InChI is InChI=1S/C6H10N4O/c1-3-6(2,4-7)10-9-5(8)11/h3H2,1-2H3,(H2,8,11). The Morgan fingerprint density at radius 2 is 2.36 bits per heavy atom. The number of nitriles is 1. The van der Waals surface area contributed by atoms with E-state index in [-0.39, 0.29) is 0 Å². The largest absolute Gasteiger partial charge is 0.356 e. The lowest BCUT2D eigenvalue weighted by molar-refractivity contribution is 0.254. The summed E-state index contributed by atoms with van der Waals surface area (Å²) in [7, 11) is 0. The van der Waals surface area contributed by atoms with Crippen molar-refractivity contribution in [2.45, 2.75) is 25.8 Å². The first-order valence-electron chi connectivity index (χ1n) is 3.17. The van der Waals surface area contributed by atoms with Crippen molar-refractivity contribution < 1.29 is 4.79 Å². The molecule has 11 heavy (non-hydrogen) atoms. The third-order valence-corrected chi connectivity index (χ3v) is 1.30. The summed E-state index contributed by atoms with van der Waals surface area (Å²) in [6.45, 7) is 3.36. The van der Waals surface area contributed by atoms with Gasteiger partial charge in [0.2, 0.25) is 0 Å². The van der Waals surface area contributed by atoms with Crippen LogP contribution in [0, 0.1) is 11.3 Å². The van der Waals surface area contributed by atoms with Gasteiger partial charge in [-0.1, -0.05) is 12.0 Å². The van der Waals surface area contributed by atoms with Crippen LogP contribution in [0.25, 0.3) is 0 Å². The molecule has 0 saturated carbocycles. The number of hydrogen-bond acceptors (Lipinski definition) is 3. The molecule has 0 aliphatic carbocycles. The zero-order valence-electron chi connectivity index (χ0n) is 6.53. The number of amides is 2. The van der Waals surface area contributed by atoms with Crippen molar-refractivity contribution >= 4 is 6.03 Å². The highest BCUT2D eigenvalue weighted by Gasteiger charge is 2.19. The zero-order valence-corrected chi connectivity index (χ0v) is 6.53. The minimum Gasteiger partial charge on any atom is -0.348 e. The lowest BCUT2D eigenvalue weighted by atomic mass is 10.0. The van der Waals surface area contributed by atoms with E-state index in [0.29, 0.717) is 6.42 Å². The van der Waals surface area contributed by atoms with Gasteiger partial charge >= 0.3 is 6.03 Å². The van der Waals surface area contributed by atoms with E-state index >= 15 is 0 Å². The molecule has 1 atom stereocenters. The minimum atomic E-state index is -0.922. The maximum absolute atomic E-state index is 10.1. The number of carbonyl (C=O) groups is 1. The van der Waals surface area contributed by atoms with E-state index in [1.54, 1.807) is 13.8 Å². The number of rotatable bonds is 2. The van der Waals surface area contributed by atoms with Crippen LogP contribution >= 0.6 is 0 Å². The molecule has 60 valence electrons. The first kappa shape index (κ1) is 9.56. The molecule has 0 bridgehead atoms. The van der Waals surface area contributed by atoms with Gasteiger partial charge in [0.05, 0.1) is 6.07 Å². The predicted octanol–water partition coefficient (Wildman–Crippen LogP) is 1.21. The molecule has 1 unspecified atom stereocenters. The summed E-state index contributed by atoms with van der Waals surface area (Å²) in [4.78, 5) is 10.1. The zero-order chi connectivity index (χ0) is 8.91. The summed E-state index contributed by atoms with van der Waals surface area (Å²) in [5, 5.41) is 15.1. The Morgan fingerprint density at radius 1 is 1.82 bits per heavy atom. The van der Waals surface area contributed by atoms with Crippen LogP contribution in [0.5, 0.6) is 0 Å². The molecule has 5 heteroatoms. The molecule has 0 aromatic rings. The predicted molar refractivity (Wildman–Crippen MR) is 38.7 cm³/mol. The van der Waals surface area contributed by atoms with Gasteiger partial charge in [-0.15, -0.1) is 0 Å². The molecule has 0 heterocycles. The van der Waals surface area contributed by atoms with E-state index in [9.17, 15) is 4.79 Å². The number of carbonyl (C=O) groups excluding carboxylic acids is 1. The van der Waals surface area contributed by atoms with Crippen LogP contribution in [-0.2, 0) is 0 Å². The van der Waals surface area contributed by atoms with Gasteiger partial charge in [-0.3, -0.25) is 0 Å². The Bertz CT molecular complexity index is 217. The fraction of sp³-hybridized carbons (Fsp3) is 0.667. The van der Waals surface area contributed by atoms with E-state index in [4.69, 9.17) is 11.0 Å². The Labute approximate surface area is 64.9 Å². The number of nitrogens with zero attached hydrogens (tertiary/aromatic N) is 3. The van der Waals surface area contributed by atoms with E-state index < -0.39 is 11.6 Å². The monoisotopic (exact) mass is 154 g/mol. The molecular formula is C6H10N4O. The first-order valence-corrected chi connectivity index (χ1v) is 3.17. The Morgan fingerprint density at radius 3 is 2.64 bits per heavy atom. The third kappa shape index (κ3) is 3.30. The number of hydrogen-bond donors (Lipinski definition) is 1. The number of azo groups is 1. The molecule has 2 amide bonds. The molecular weight excluding hydrogens is 144 g/mol. The van der Waals surface area contributed by atoms with Crippen molar-refractivity contribution in [2.75, 3.05) is 0 Å². The average Bonchev–Trinajstić information content (AvgIpc) is 2.00. The molecule has 0 radical (unpaired) electrons. The highest BCUT2D eigenvalue weighted by atomic mass is 16.2. The van der Waals surface area contributed by atoms with Gasteiger partial charge in [-0.05, 0) is 13.3 Å². The van der Waals surface area contributed by atoms with Crippen molar-refractivity contribution in [2.24, 2.45) is 16.0 Å². The summed E-state index contributed by atoms with van der Waals surface area (Å²) >= 11 is 0. The van der Waals surface area contributed by atoms with Crippen LogP contribution in [0.4, 0.5) is 4.79 Å². The molecule has 0 aromatic carbocycles. The lowest BCUT2D eigenvalue weighted by Gasteiger charge is -2.09. The lowest BCUT2D eigenvalue weighted by Crippen LogP contribution is -2.17. The molecule has 0 aliphatic heterocycles. The first-order chi connectivity index (χ1) is 5.04. The van der Waals surface area contributed by atoms with Crippen molar-refractivity contribution in [1.82, 2.24) is 0 Å². The van der Waals surface area contributed by atoms with E-state index in [1.165, 1.54) is 0 Å². The van der Waals surface area contributed by atoms with Crippen molar-refractivity contribution in [1.29, 1.82) is 5.26 Å². The molecule has 0 aromatic heterocycles. The van der Waals surface area contributed by atoms with Crippen LogP contribution in [0.2, 0.25) is 0 Å². The number of primary amides is 1. The molecule has 2 N–H and O–H groups in total. The smallest absolute Gasteiger partial charge is 0.348 e. The number of urea groups is 1. The van der Waals surface area contributed by atoms with Gasteiger partial charge in [0.1, 0.15) is 0 Å². The van der Waals surface area contributed by atoms with Crippen LogP contribution in [0.3, 0.4) is 0 Å². The average molecular weight is 154 g/mol. The van der Waals surface area contributed by atoms with Crippen molar-refractivity contribution in [3.8, 4) is 6.07 Å². The molecule has 0 aliphatic rings. The van der Waals surface area contributed by atoms with Crippen molar-refractivity contribution in [3.05, 3.63) is 0 Å². The summed E-state index contributed by atoms with van der Waals surface area (Å²) in [6.07, 6.45) is 0.500. The summed E-state index contributed by atoms with van der Waals surface area (Å²) in [6, 6.07) is 1.04. The maximum Gasteiger partial charge on any atom is 0.356 e. The van der Waals surface area contributed by atoms with Gasteiger partial charge in [-0.25, -0.2) is 4.79 Å². The normalized spacial score (nSPS) is 15.7. The van der Waals surface area contributed by atoms with Crippen molar-refractivity contribution in [3.63, 3.8) is 0 Å². The third-order valence-electron chi connectivity index (χ3n) is 1.30. The fourth-order valence-electron chi connectivity index (χ4n) is 0.332. The van der Waals surface area contributed by atoms with E-state index in [1.807, 2.05) is 6.07 Å².